The summed E-state index contributed by atoms with van der Waals surface area (Å²) in [6.45, 7) is 0. The summed E-state index contributed by atoms with van der Waals surface area (Å²) in [6.07, 6.45) is 0. The lowest BCUT2D eigenvalue weighted by Crippen LogP contribution is -2.27. The summed E-state index contributed by atoms with van der Waals surface area (Å²) in [4.78, 5) is 0. The summed E-state index contributed by atoms with van der Waals surface area (Å²) in [5.41, 5.74) is 3.67. The standard InChI is InChI=1S/C44H14F12/c45-33-25-7-13-1-19-20(2-14(13)8-26(25)34(46)40(52)39(33)51)32-23-5-17-11-29-27(35(47)41(53)43(55)37(29)49)9-15(17)3-21(23)31(19)22-4-16-10-28-30(12-18(16)6-24(22)32)38(50)44(56)42(54)36(28)48/h1-12,31-32H. The molecule has 0 amide bonds. The van der Waals surface area contributed by atoms with Gasteiger partial charge in [-0.05, 0) is 138 Å². The largest absolute Gasteiger partial charge is 0.203 e. The van der Waals surface area contributed by atoms with Gasteiger partial charge in [0.05, 0.1) is 0 Å². The molecule has 12 rings (SSSR count). The molecule has 9 aromatic rings. The topological polar surface area (TPSA) is 0 Å². The molecule has 0 unspecified atom stereocenters. The minimum Gasteiger partial charge on any atom is -0.203 e. The van der Waals surface area contributed by atoms with Gasteiger partial charge in [-0.15, -0.1) is 0 Å². The van der Waals surface area contributed by atoms with Crippen LogP contribution in [-0.2, 0) is 0 Å². The van der Waals surface area contributed by atoms with Crippen LogP contribution in [0, 0.1) is 69.8 Å². The van der Waals surface area contributed by atoms with Crippen LogP contribution in [0.3, 0.4) is 0 Å². The van der Waals surface area contributed by atoms with E-state index in [1.807, 2.05) is 0 Å². The molecule has 0 spiro atoms. The van der Waals surface area contributed by atoms with Crippen LogP contribution in [0.5, 0.6) is 0 Å². The van der Waals surface area contributed by atoms with Crippen molar-refractivity contribution in [1.29, 1.82) is 0 Å². The van der Waals surface area contributed by atoms with Gasteiger partial charge in [0.1, 0.15) is 0 Å². The highest BCUT2D eigenvalue weighted by Crippen LogP contribution is 2.58. The van der Waals surface area contributed by atoms with Gasteiger partial charge in [-0.1, -0.05) is 0 Å². The molecule has 0 nitrogen and oxygen atoms in total. The number of hydrogen-bond donors (Lipinski definition) is 0. The van der Waals surface area contributed by atoms with Crippen molar-refractivity contribution in [1.82, 2.24) is 0 Å². The van der Waals surface area contributed by atoms with Gasteiger partial charge in [0, 0.05) is 44.2 Å². The first-order valence-electron chi connectivity index (χ1n) is 16.9. The van der Waals surface area contributed by atoms with Crippen molar-refractivity contribution in [2.75, 3.05) is 0 Å². The zero-order valence-electron chi connectivity index (χ0n) is 27.6. The van der Waals surface area contributed by atoms with E-state index >= 15 is 0 Å². The molecule has 0 atom stereocenters. The Morgan fingerprint density at radius 1 is 0.196 bits per heavy atom. The molecular weight excluding hydrogens is 756 g/mol. The van der Waals surface area contributed by atoms with E-state index in [-0.39, 0.29) is 0 Å². The van der Waals surface area contributed by atoms with Crippen molar-refractivity contribution < 1.29 is 52.7 Å². The van der Waals surface area contributed by atoms with Crippen LogP contribution >= 0.6 is 0 Å². The van der Waals surface area contributed by atoms with E-state index in [0.29, 0.717) is 65.7 Å². The molecule has 0 saturated heterocycles. The van der Waals surface area contributed by atoms with E-state index in [0.717, 1.165) is 0 Å². The number of halogens is 12. The zero-order valence-corrected chi connectivity index (χ0v) is 27.6. The average Bonchev–Trinajstić information content (AvgIpc) is 3.20. The third kappa shape index (κ3) is 3.98. The summed E-state index contributed by atoms with van der Waals surface area (Å²) in [7, 11) is 0. The summed E-state index contributed by atoms with van der Waals surface area (Å²) >= 11 is 0. The highest BCUT2D eigenvalue weighted by Gasteiger charge is 2.42. The van der Waals surface area contributed by atoms with Crippen molar-refractivity contribution in [2.24, 2.45) is 0 Å². The van der Waals surface area contributed by atoms with E-state index in [2.05, 4.69) is 0 Å². The number of rotatable bonds is 0. The predicted octanol–water partition coefficient (Wildman–Crippen LogP) is 13.3. The summed E-state index contributed by atoms with van der Waals surface area (Å²) in [5.74, 6) is -22.9. The van der Waals surface area contributed by atoms with Crippen LogP contribution < -0.4 is 0 Å². The Labute approximate surface area is 304 Å². The Kier molecular flexibility index (Phi) is 6.33. The van der Waals surface area contributed by atoms with E-state index in [4.69, 9.17) is 0 Å². The average molecular weight is 771 g/mol. The number of hydrogen-bond acceptors (Lipinski definition) is 0. The van der Waals surface area contributed by atoms with Crippen molar-refractivity contribution in [3.8, 4) is 0 Å². The van der Waals surface area contributed by atoms with Crippen LogP contribution in [0.25, 0.3) is 64.6 Å². The van der Waals surface area contributed by atoms with E-state index in [1.165, 1.54) is 36.4 Å². The summed E-state index contributed by atoms with van der Waals surface area (Å²) < 4.78 is 176. The Hall–Kier alpha value is -6.30. The van der Waals surface area contributed by atoms with Crippen molar-refractivity contribution in [3.63, 3.8) is 0 Å². The summed E-state index contributed by atoms with van der Waals surface area (Å²) in [5, 5.41) is -1.16. The second kappa shape index (κ2) is 10.7. The first-order chi connectivity index (χ1) is 26.7. The van der Waals surface area contributed by atoms with Gasteiger partial charge in [0.25, 0.3) is 0 Å². The Morgan fingerprint density at radius 3 is 0.482 bits per heavy atom. The lowest BCUT2D eigenvalue weighted by atomic mass is 9.60. The van der Waals surface area contributed by atoms with Gasteiger partial charge in [-0.3, -0.25) is 0 Å². The summed E-state index contributed by atoms with van der Waals surface area (Å²) in [6, 6.07) is 17.1. The van der Waals surface area contributed by atoms with Gasteiger partial charge in [0.2, 0.25) is 0 Å². The highest BCUT2D eigenvalue weighted by atomic mass is 19.2. The predicted molar refractivity (Wildman–Crippen MR) is 186 cm³/mol. The molecule has 0 fully saturated rings. The van der Waals surface area contributed by atoms with Crippen molar-refractivity contribution >= 4 is 64.6 Å². The Morgan fingerprint density at radius 2 is 0.339 bits per heavy atom. The Balaban J connectivity index is 1.24. The minimum absolute atomic E-state index is 0.319. The molecule has 0 aromatic heterocycles. The van der Waals surface area contributed by atoms with Crippen LogP contribution in [0.2, 0.25) is 0 Å². The fraction of sp³-hybridized carbons (Fsp3) is 0.0455. The van der Waals surface area contributed by atoms with Gasteiger partial charge >= 0.3 is 0 Å². The lowest BCUT2D eigenvalue weighted by molar-refractivity contribution is 0.418. The molecule has 3 aliphatic carbocycles. The molecular formula is C44H14F12. The van der Waals surface area contributed by atoms with Crippen LogP contribution in [0.1, 0.15) is 45.2 Å². The van der Waals surface area contributed by atoms with Gasteiger partial charge in [0.15, 0.2) is 69.8 Å². The molecule has 0 heterocycles. The SMILES string of the molecule is Fc1c(F)c(F)c2cc3cc4c(cc3cc2c1F)C1c2cc3cc5c(F)c(F)c(F)c(F)c5cc3cc2C4c2cc3cc4c(F)c(F)c(F)c(F)c4cc3cc21. The molecule has 56 heavy (non-hydrogen) atoms. The van der Waals surface area contributed by atoms with Gasteiger partial charge in [-0.25, -0.2) is 52.7 Å². The first kappa shape index (κ1) is 33.1. The molecule has 3 aliphatic rings. The second-order valence-electron chi connectivity index (χ2n) is 14.3. The number of benzene rings is 9. The maximum atomic E-state index is 15.0. The molecule has 2 bridgehead atoms. The third-order valence-electron chi connectivity index (χ3n) is 11.6. The Bertz CT molecular complexity index is 2830. The smallest absolute Gasteiger partial charge is 0.198 e. The van der Waals surface area contributed by atoms with Crippen molar-refractivity contribution in [2.45, 2.75) is 11.8 Å². The molecule has 274 valence electrons. The molecule has 0 N–H and O–H groups in total. The monoisotopic (exact) mass is 770 g/mol. The van der Waals surface area contributed by atoms with Crippen LogP contribution in [-0.4, -0.2) is 0 Å². The quantitative estimate of drug-likeness (QED) is 0.0624. The maximum Gasteiger partial charge on any atom is 0.198 e. The zero-order chi connectivity index (χ0) is 39.0. The van der Waals surface area contributed by atoms with Crippen LogP contribution in [0.4, 0.5) is 52.7 Å². The normalized spacial score (nSPS) is 15.9. The third-order valence-corrected chi connectivity index (χ3v) is 11.6. The van der Waals surface area contributed by atoms with Gasteiger partial charge < -0.3 is 0 Å². The highest BCUT2D eigenvalue weighted by molar-refractivity contribution is 6.04. The van der Waals surface area contributed by atoms with E-state index in [1.54, 1.807) is 36.4 Å². The molecule has 9 aromatic carbocycles. The van der Waals surface area contributed by atoms with E-state index < -0.39 is 114 Å². The molecule has 12 heteroatoms. The molecule has 0 aliphatic heterocycles. The van der Waals surface area contributed by atoms with Gasteiger partial charge in [-0.2, -0.15) is 0 Å². The fourth-order valence-electron chi connectivity index (χ4n) is 9.04. The second-order valence-corrected chi connectivity index (χ2v) is 14.3. The van der Waals surface area contributed by atoms with Crippen LogP contribution in [0.15, 0.2) is 72.8 Å². The lowest BCUT2D eigenvalue weighted by Gasteiger charge is -2.43. The van der Waals surface area contributed by atoms with Crippen molar-refractivity contribution in [3.05, 3.63) is 176 Å². The fourth-order valence-corrected chi connectivity index (χ4v) is 9.04. The first-order valence-corrected chi connectivity index (χ1v) is 16.9. The minimum atomic E-state index is -1.98. The number of fused-ring (bicyclic) bond motifs is 6. The molecule has 0 saturated carbocycles. The van der Waals surface area contributed by atoms with E-state index in [9.17, 15) is 52.7 Å². The molecule has 0 radical (unpaired) electrons. The maximum absolute atomic E-state index is 15.0.